The zero-order chi connectivity index (χ0) is 13.9. The molecule has 1 heterocycles. The van der Waals surface area contributed by atoms with Gasteiger partial charge in [0.1, 0.15) is 11.6 Å². The lowest BCUT2D eigenvalue weighted by atomic mass is 10.2. The number of halogens is 1. The van der Waals surface area contributed by atoms with Gasteiger partial charge in [-0.25, -0.2) is 4.39 Å². The first-order valence-electron chi connectivity index (χ1n) is 6.03. The maximum Gasteiger partial charge on any atom is 0.231 e. The maximum absolute atomic E-state index is 13.1. The molecule has 0 amide bonds. The van der Waals surface area contributed by atoms with E-state index in [4.69, 9.17) is 14.2 Å². The number of nitrogens with zero attached hydrogens (tertiary/aromatic N) is 1. The highest BCUT2D eigenvalue weighted by Crippen LogP contribution is 2.37. The van der Waals surface area contributed by atoms with Crippen LogP contribution >= 0.6 is 0 Å². The molecule has 0 N–H and O–H groups in total. The lowest BCUT2D eigenvalue weighted by molar-refractivity contribution is 0.174. The molecule has 0 saturated heterocycles. The molecular weight excluding hydrogens is 261 g/mol. The number of benzene rings is 2. The smallest absolute Gasteiger partial charge is 0.231 e. The Hall–Kier alpha value is -2.56. The fourth-order valence-corrected chi connectivity index (χ4v) is 1.92. The molecule has 0 radical (unpaired) electrons. The van der Waals surface area contributed by atoms with E-state index < -0.39 is 0 Å². The maximum atomic E-state index is 13.1. The molecule has 1 aliphatic rings. The van der Waals surface area contributed by atoms with Crippen molar-refractivity contribution in [3.8, 4) is 17.2 Å². The van der Waals surface area contributed by atoms with E-state index in [9.17, 15) is 4.39 Å². The lowest BCUT2D eigenvalue weighted by Crippen LogP contribution is -1.92. The van der Waals surface area contributed by atoms with Gasteiger partial charge < -0.3 is 14.2 Å². The van der Waals surface area contributed by atoms with E-state index in [-0.39, 0.29) is 12.6 Å². The Morgan fingerprint density at radius 2 is 2.00 bits per heavy atom. The van der Waals surface area contributed by atoms with E-state index in [2.05, 4.69) is 4.99 Å². The predicted octanol–water partition coefficient (Wildman–Crippen LogP) is 3.31. The molecule has 0 saturated carbocycles. The van der Waals surface area contributed by atoms with Crippen LogP contribution in [-0.4, -0.2) is 20.1 Å². The number of hydrogen-bond donors (Lipinski definition) is 0. The molecule has 1 aliphatic heterocycles. The van der Waals surface area contributed by atoms with Crippen molar-refractivity contribution < 1.29 is 18.6 Å². The molecule has 0 aliphatic carbocycles. The molecule has 5 heteroatoms. The normalized spacial score (nSPS) is 12.9. The summed E-state index contributed by atoms with van der Waals surface area (Å²) in [5.74, 6) is 1.59. The highest BCUT2D eigenvalue weighted by atomic mass is 19.1. The molecule has 3 rings (SSSR count). The van der Waals surface area contributed by atoms with Crippen LogP contribution in [0.1, 0.15) is 5.56 Å². The number of aliphatic imine (C=N–C) groups is 1. The minimum absolute atomic E-state index is 0.197. The number of fused-ring (bicyclic) bond motifs is 1. The van der Waals surface area contributed by atoms with Crippen LogP contribution in [-0.2, 0) is 0 Å². The largest absolute Gasteiger partial charge is 0.496 e. The summed E-state index contributed by atoms with van der Waals surface area (Å²) in [4.78, 5) is 4.23. The minimum Gasteiger partial charge on any atom is -0.496 e. The van der Waals surface area contributed by atoms with Crippen molar-refractivity contribution in [3.05, 3.63) is 47.8 Å². The first-order chi connectivity index (χ1) is 9.76. The van der Waals surface area contributed by atoms with Crippen LogP contribution in [0.3, 0.4) is 0 Å². The van der Waals surface area contributed by atoms with E-state index in [1.807, 2.05) is 0 Å². The Balaban J connectivity index is 1.94. The zero-order valence-corrected chi connectivity index (χ0v) is 10.8. The Morgan fingerprint density at radius 3 is 2.75 bits per heavy atom. The molecule has 0 unspecified atom stereocenters. The zero-order valence-electron chi connectivity index (χ0n) is 10.8. The third-order valence-corrected chi connectivity index (χ3v) is 2.89. The summed E-state index contributed by atoms with van der Waals surface area (Å²) in [5, 5.41) is 0. The first-order valence-corrected chi connectivity index (χ1v) is 6.03. The topological polar surface area (TPSA) is 40.0 Å². The summed E-state index contributed by atoms with van der Waals surface area (Å²) in [6, 6.07) is 9.59. The first kappa shape index (κ1) is 12.5. The van der Waals surface area contributed by atoms with Gasteiger partial charge in [0.2, 0.25) is 6.79 Å². The van der Waals surface area contributed by atoms with Crippen LogP contribution in [0.15, 0.2) is 41.4 Å². The summed E-state index contributed by atoms with van der Waals surface area (Å²) in [6.07, 6.45) is 1.61. The third kappa shape index (κ3) is 2.42. The molecule has 4 nitrogen and oxygen atoms in total. The van der Waals surface area contributed by atoms with Gasteiger partial charge in [0, 0.05) is 17.8 Å². The number of hydrogen-bond acceptors (Lipinski definition) is 4. The summed E-state index contributed by atoms with van der Waals surface area (Å²) in [7, 11) is 1.57. The Bertz CT molecular complexity index is 670. The highest BCUT2D eigenvalue weighted by Gasteiger charge is 2.16. The average molecular weight is 273 g/mol. The van der Waals surface area contributed by atoms with Gasteiger partial charge in [0.15, 0.2) is 11.5 Å². The van der Waals surface area contributed by atoms with Crippen LogP contribution in [0.2, 0.25) is 0 Å². The summed E-state index contributed by atoms with van der Waals surface area (Å²) in [5.41, 5.74) is 1.27. The minimum atomic E-state index is -0.322. The molecule has 102 valence electrons. The van der Waals surface area contributed by atoms with Crippen molar-refractivity contribution in [2.45, 2.75) is 0 Å². The van der Waals surface area contributed by atoms with Gasteiger partial charge in [-0.05, 0) is 24.3 Å². The van der Waals surface area contributed by atoms with Crippen molar-refractivity contribution in [1.29, 1.82) is 0 Å². The van der Waals surface area contributed by atoms with Crippen molar-refractivity contribution in [3.63, 3.8) is 0 Å². The standard InChI is InChI=1S/C15H12FNO3/c1-18-13-7-15-14(19-9-20-15)5-10(13)8-17-12-4-2-3-11(16)6-12/h2-8H,9H2,1H3. The monoisotopic (exact) mass is 273 g/mol. The van der Waals surface area contributed by atoms with Gasteiger partial charge in [-0.1, -0.05) is 6.07 Å². The predicted molar refractivity (Wildman–Crippen MR) is 72.8 cm³/mol. The molecule has 2 aromatic carbocycles. The Labute approximate surface area is 115 Å². The molecule has 0 fully saturated rings. The van der Waals surface area contributed by atoms with E-state index in [1.165, 1.54) is 12.1 Å². The van der Waals surface area contributed by atoms with Gasteiger partial charge >= 0.3 is 0 Å². The molecule has 0 spiro atoms. The molecule has 20 heavy (non-hydrogen) atoms. The average Bonchev–Trinajstić information content (AvgIpc) is 2.91. The van der Waals surface area contributed by atoms with Crippen LogP contribution in [0, 0.1) is 5.82 Å². The summed E-state index contributed by atoms with van der Waals surface area (Å²) >= 11 is 0. The number of ether oxygens (including phenoxy) is 3. The quantitative estimate of drug-likeness (QED) is 0.805. The van der Waals surface area contributed by atoms with Crippen LogP contribution in [0.5, 0.6) is 17.2 Å². The molecular formula is C15H12FNO3. The SMILES string of the molecule is COc1cc2c(cc1C=Nc1cccc(F)c1)OCO2. The van der Waals surface area contributed by atoms with Crippen molar-refractivity contribution in [2.24, 2.45) is 4.99 Å². The second-order valence-electron chi connectivity index (χ2n) is 4.19. The van der Waals surface area contributed by atoms with Gasteiger partial charge in [-0.3, -0.25) is 4.99 Å². The van der Waals surface area contributed by atoms with Gasteiger partial charge in [0.05, 0.1) is 12.8 Å². The molecule has 0 aromatic heterocycles. The van der Waals surface area contributed by atoms with Crippen molar-refractivity contribution in [1.82, 2.24) is 0 Å². The van der Waals surface area contributed by atoms with Crippen LogP contribution in [0.4, 0.5) is 10.1 Å². The molecule has 0 bridgehead atoms. The fraction of sp³-hybridized carbons (Fsp3) is 0.133. The fourth-order valence-electron chi connectivity index (χ4n) is 1.92. The molecule has 0 atom stereocenters. The number of methoxy groups -OCH3 is 1. The highest BCUT2D eigenvalue weighted by molar-refractivity contribution is 5.87. The molecule has 2 aromatic rings. The second kappa shape index (κ2) is 5.21. The van der Waals surface area contributed by atoms with Gasteiger partial charge in [-0.2, -0.15) is 0 Å². The number of rotatable bonds is 3. The van der Waals surface area contributed by atoms with Crippen LogP contribution in [0.25, 0.3) is 0 Å². The lowest BCUT2D eigenvalue weighted by Gasteiger charge is -2.06. The van der Waals surface area contributed by atoms with E-state index in [1.54, 1.807) is 37.6 Å². The third-order valence-electron chi connectivity index (χ3n) is 2.89. The second-order valence-corrected chi connectivity index (χ2v) is 4.19. The Kier molecular flexibility index (Phi) is 3.25. The van der Waals surface area contributed by atoms with E-state index in [0.717, 1.165) is 5.56 Å². The van der Waals surface area contributed by atoms with Gasteiger partial charge in [-0.15, -0.1) is 0 Å². The summed E-state index contributed by atoms with van der Waals surface area (Å²) < 4.78 is 29.0. The van der Waals surface area contributed by atoms with Crippen molar-refractivity contribution in [2.75, 3.05) is 13.9 Å². The van der Waals surface area contributed by atoms with Crippen LogP contribution < -0.4 is 14.2 Å². The van der Waals surface area contributed by atoms with E-state index in [0.29, 0.717) is 22.9 Å². The van der Waals surface area contributed by atoms with Crippen molar-refractivity contribution >= 4 is 11.9 Å². The Morgan fingerprint density at radius 1 is 1.20 bits per heavy atom. The van der Waals surface area contributed by atoms with Gasteiger partial charge in [0.25, 0.3) is 0 Å². The van der Waals surface area contributed by atoms with E-state index >= 15 is 0 Å². The summed E-state index contributed by atoms with van der Waals surface area (Å²) in [6.45, 7) is 0.197.